The third kappa shape index (κ3) is 11.0. The van der Waals surface area contributed by atoms with E-state index < -0.39 is 17.2 Å². The Kier molecular flexibility index (Phi) is 13.8. The van der Waals surface area contributed by atoms with Gasteiger partial charge in [-0.15, -0.1) is 0 Å². The van der Waals surface area contributed by atoms with Crippen molar-refractivity contribution in [3.8, 4) is 56.4 Å². The van der Waals surface area contributed by atoms with Crippen LogP contribution in [-0.4, -0.2) is 6.10 Å². The van der Waals surface area contributed by atoms with Crippen LogP contribution in [0.25, 0.3) is 39.0 Å². The maximum absolute atomic E-state index is 6.81. The predicted molar refractivity (Wildman–Crippen MR) is 256 cm³/mol. The Hall–Kier alpha value is -6.78. The Morgan fingerprint density at radius 1 is 0.413 bits per heavy atom. The van der Waals surface area contributed by atoms with Gasteiger partial charge in [0.2, 0.25) is 0 Å². The summed E-state index contributed by atoms with van der Waals surface area (Å²) in [6.07, 6.45) is 6.59. The summed E-state index contributed by atoms with van der Waals surface area (Å²) < 4.78 is 40.3. The van der Waals surface area contributed by atoms with E-state index in [2.05, 4.69) is 78.9 Å². The second-order valence-electron chi connectivity index (χ2n) is 14.6. The van der Waals surface area contributed by atoms with Crippen LogP contribution in [0.1, 0.15) is 17.5 Å². The molecule has 63 heavy (non-hydrogen) atoms. The van der Waals surface area contributed by atoms with Crippen molar-refractivity contribution in [3.63, 3.8) is 0 Å². The SMILES string of the molecule is C1=CC(OP(Oc2ccccc2COP(Oc2cccc(-c3ccccc3)c2)Oc2ccccc2-c2ccccc2)Oc2ccccc2-c2ccccc2)CC(c2ccccc2)=C1. The van der Waals surface area contributed by atoms with E-state index in [0.29, 0.717) is 29.4 Å². The Morgan fingerprint density at radius 3 is 1.54 bits per heavy atom. The maximum atomic E-state index is 6.81. The number of allylic oxidation sites excluding steroid dienone is 2. The predicted octanol–water partition coefficient (Wildman–Crippen LogP) is 15.7. The molecule has 0 saturated carbocycles. The number of hydrogen-bond acceptors (Lipinski definition) is 6. The Bertz CT molecular complexity index is 2760. The van der Waals surface area contributed by atoms with Gasteiger partial charge in [-0.05, 0) is 63.7 Å². The summed E-state index contributed by atoms with van der Waals surface area (Å²) in [5.41, 5.74) is 9.11. The van der Waals surface area contributed by atoms with Crippen molar-refractivity contribution < 1.29 is 27.1 Å². The lowest BCUT2D eigenvalue weighted by Gasteiger charge is -2.25. The lowest BCUT2D eigenvalue weighted by atomic mass is 9.96. The van der Waals surface area contributed by atoms with Gasteiger partial charge < -0.3 is 18.1 Å². The largest absolute Gasteiger partial charge is 0.463 e. The van der Waals surface area contributed by atoms with Gasteiger partial charge in [0.05, 0.1) is 12.7 Å². The fourth-order valence-electron chi connectivity index (χ4n) is 7.16. The van der Waals surface area contributed by atoms with Crippen molar-refractivity contribution in [3.05, 3.63) is 248 Å². The summed E-state index contributed by atoms with van der Waals surface area (Å²) in [7, 11) is -4.00. The highest BCUT2D eigenvalue weighted by molar-refractivity contribution is 7.43. The molecule has 1 aliphatic rings. The molecule has 9 rings (SSSR count). The normalized spacial score (nSPS) is 14.2. The highest BCUT2D eigenvalue weighted by atomic mass is 31.2. The molecule has 8 aromatic carbocycles. The molecule has 0 saturated heterocycles. The molecule has 0 radical (unpaired) electrons. The molecular weight excluding hydrogens is 819 g/mol. The number of hydrogen-bond donors (Lipinski definition) is 0. The second kappa shape index (κ2) is 20.9. The number of para-hydroxylation sites is 3. The first-order chi connectivity index (χ1) is 31.2. The fraction of sp³-hybridized carbons (Fsp3) is 0.0545. The Morgan fingerprint density at radius 2 is 0.905 bits per heavy atom. The molecule has 3 unspecified atom stereocenters. The van der Waals surface area contributed by atoms with Crippen LogP contribution in [0.2, 0.25) is 0 Å². The Labute approximate surface area is 371 Å². The summed E-state index contributed by atoms with van der Waals surface area (Å²) in [6.45, 7) is 0.113. The van der Waals surface area contributed by atoms with Gasteiger partial charge in [-0.25, -0.2) is 0 Å². The van der Waals surface area contributed by atoms with E-state index in [9.17, 15) is 0 Å². The van der Waals surface area contributed by atoms with Crippen molar-refractivity contribution in [2.45, 2.75) is 19.1 Å². The van der Waals surface area contributed by atoms with E-state index >= 15 is 0 Å². The smallest absolute Gasteiger partial charge is 0.418 e. The quantitative estimate of drug-likeness (QED) is 0.0850. The van der Waals surface area contributed by atoms with E-state index in [-0.39, 0.29) is 12.7 Å². The average molecular weight is 863 g/mol. The maximum Gasteiger partial charge on any atom is 0.463 e. The highest BCUT2D eigenvalue weighted by Gasteiger charge is 2.28. The van der Waals surface area contributed by atoms with Gasteiger partial charge in [-0.1, -0.05) is 206 Å². The number of benzene rings is 8. The lowest BCUT2D eigenvalue weighted by Crippen LogP contribution is -2.14. The highest BCUT2D eigenvalue weighted by Crippen LogP contribution is 2.50. The molecule has 0 heterocycles. The van der Waals surface area contributed by atoms with Crippen LogP contribution in [0.4, 0.5) is 0 Å². The van der Waals surface area contributed by atoms with Crippen LogP contribution in [0, 0.1) is 0 Å². The fourth-order valence-corrected chi connectivity index (χ4v) is 9.30. The van der Waals surface area contributed by atoms with Gasteiger partial charge in [0, 0.05) is 23.1 Å². The van der Waals surface area contributed by atoms with Crippen molar-refractivity contribution in [2.24, 2.45) is 0 Å². The topological polar surface area (TPSA) is 55.4 Å². The molecule has 0 N–H and O–H groups in total. The third-order valence-electron chi connectivity index (χ3n) is 10.3. The van der Waals surface area contributed by atoms with Gasteiger partial charge >= 0.3 is 17.2 Å². The molecule has 6 nitrogen and oxygen atoms in total. The molecule has 0 fully saturated rings. The number of rotatable bonds is 17. The van der Waals surface area contributed by atoms with Crippen molar-refractivity contribution >= 4 is 22.8 Å². The molecular formula is C55H44O6P2. The van der Waals surface area contributed by atoms with Gasteiger partial charge in [0.25, 0.3) is 0 Å². The summed E-state index contributed by atoms with van der Waals surface area (Å²) in [4.78, 5) is 0. The minimum Gasteiger partial charge on any atom is -0.418 e. The van der Waals surface area contributed by atoms with Crippen LogP contribution < -0.4 is 18.1 Å². The van der Waals surface area contributed by atoms with Crippen LogP contribution in [-0.2, 0) is 15.7 Å². The molecule has 310 valence electrons. The molecule has 0 spiro atoms. The molecule has 0 aliphatic heterocycles. The van der Waals surface area contributed by atoms with E-state index in [0.717, 1.165) is 44.5 Å². The van der Waals surface area contributed by atoms with Crippen molar-refractivity contribution in [1.29, 1.82) is 0 Å². The first-order valence-corrected chi connectivity index (χ1v) is 23.0. The van der Waals surface area contributed by atoms with E-state index in [4.69, 9.17) is 27.1 Å². The molecule has 8 aromatic rings. The van der Waals surface area contributed by atoms with E-state index in [1.807, 2.05) is 158 Å². The first-order valence-electron chi connectivity index (χ1n) is 20.8. The molecule has 0 bridgehead atoms. The standard InChI is InChI=1S/C55H44O6P2/c1-5-21-42(22-6-1)46-30-19-32-49(39-46)57-62(60-54-37-17-14-34-51(54)44-25-9-3-10-26-44)56-41-48-29-13-16-36-53(48)59-63(58-50-33-20-31-47(40-50)43-23-7-2-8-24-43)61-55-38-18-15-35-52(55)45-27-11-4-12-28-45/h1-39,50H,40-41H2. The van der Waals surface area contributed by atoms with Crippen LogP contribution in [0.3, 0.4) is 0 Å². The minimum atomic E-state index is -2.00. The van der Waals surface area contributed by atoms with Gasteiger partial charge in [-0.3, -0.25) is 9.05 Å². The van der Waals surface area contributed by atoms with E-state index in [1.54, 1.807) is 0 Å². The molecule has 8 heteroatoms. The van der Waals surface area contributed by atoms with Gasteiger partial charge in [0.15, 0.2) is 0 Å². The molecule has 0 aromatic heterocycles. The zero-order chi connectivity index (χ0) is 42.5. The van der Waals surface area contributed by atoms with Crippen LogP contribution in [0.5, 0.6) is 23.0 Å². The molecule has 3 atom stereocenters. The first kappa shape index (κ1) is 41.6. The minimum absolute atomic E-state index is 0.113. The summed E-state index contributed by atoms with van der Waals surface area (Å²) in [5, 5.41) is 0. The van der Waals surface area contributed by atoms with Crippen LogP contribution in [0.15, 0.2) is 237 Å². The monoisotopic (exact) mass is 862 g/mol. The lowest BCUT2D eigenvalue weighted by molar-refractivity contribution is 0.217. The van der Waals surface area contributed by atoms with Crippen molar-refractivity contribution in [2.75, 3.05) is 0 Å². The third-order valence-corrected chi connectivity index (χ3v) is 12.5. The van der Waals surface area contributed by atoms with E-state index in [1.165, 1.54) is 5.57 Å². The van der Waals surface area contributed by atoms with Crippen LogP contribution >= 0.6 is 17.2 Å². The molecule has 0 amide bonds. The Balaban J connectivity index is 0.997. The second-order valence-corrected chi connectivity index (χ2v) is 16.7. The van der Waals surface area contributed by atoms with Gasteiger partial charge in [-0.2, -0.15) is 0 Å². The summed E-state index contributed by atoms with van der Waals surface area (Å²) >= 11 is 0. The zero-order valence-electron chi connectivity index (χ0n) is 34.4. The zero-order valence-corrected chi connectivity index (χ0v) is 36.1. The van der Waals surface area contributed by atoms with Crippen molar-refractivity contribution in [1.82, 2.24) is 0 Å². The average Bonchev–Trinajstić information content (AvgIpc) is 3.35. The summed E-state index contributed by atoms with van der Waals surface area (Å²) in [5.74, 6) is 2.48. The molecule has 1 aliphatic carbocycles. The summed E-state index contributed by atoms with van der Waals surface area (Å²) in [6, 6.07) is 72.5. The van der Waals surface area contributed by atoms with Gasteiger partial charge in [0.1, 0.15) is 23.0 Å².